The highest BCUT2D eigenvalue weighted by Crippen LogP contribution is 2.47. The fourth-order valence-electron chi connectivity index (χ4n) is 3.72. The van der Waals surface area contributed by atoms with Crippen molar-refractivity contribution >= 4 is 11.6 Å². The third-order valence-electron chi connectivity index (χ3n) is 5.23. The summed E-state index contributed by atoms with van der Waals surface area (Å²) in [5.41, 5.74) is 9.71. The van der Waals surface area contributed by atoms with Gasteiger partial charge in [-0.05, 0) is 23.8 Å². The van der Waals surface area contributed by atoms with Gasteiger partial charge in [-0.2, -0.15) is 5.26 Å². The molecule has 6 nitrogen and oxygen atoms in total. The number of aromatic amines is 1. The van der Waals surface area contributed by atoms with E-state index in [1.807, 2.05) is 48.5 Å². The average molecular weight is 435 g/mol. The van der Waals surface area contributed by atoms with Crippen molar-refractivity contribution in [3.63, 3.8) is 0 Å². The van der Waals surface area contributed by atoms with Gasteiger partial charge in [-0.25, -0.2) is 0 Å². The van der Waals surface area contributed by atoms with Crippen LogP contribution >= 0.6 is 11.6 Å². The molecular formula is C24H23ClN4O2. The van der Waals surface area contributed by atoms with Crippen LogP contribution in [-0.4, -0.2) is 10.2 Å². The number of para-hydroxylation sites is 1. The van der Waals surface area contributed by atoms with Gasteiger partial charge in [0.25, 0.3) is 0 Å². The quantitative estimate of drug-likeness (QED) is 0.591. The van der Waals surface area contributed by atoms with E-state index in [1.54, 1.807) is 0 Å². The summed E-state index contributed by atoms with van der Waals surface area (Å²) >= 11 is 5.98. The Hall–Kier alpha value is -3.43. The minimum Gasteiger partial charge on any atom is -0.489 e. The maximum Gasteiger partial charge on any atom is 0.244 e. The number of halogens is 1. The SMILES string of the molecule is CC(C)(C)c1[nH]nc2c1[C@@H](c1ccccc1OCc1ccc(Cl)cc1)C(C#N)=C(N)O2. The molecule has 0 aliphatic carbocycles. The summed E-state index contributed by atoms with van der Waals surface area (Å²) < 4.78 is 11.9. The van der Waals surface area contributed by atoms with Crippen LogP contribution in [0.2, 0.25) is 5.02 Å². The van der Waals surface area contributed by atoms with Crippen molar-refractivity contribution in [3.8, 4) is 17.7 Å². The van der Waals surface area contributed by atoms with Crippen LogP contribution in [0.4, 0.5) is 0 Å². The van der Waals surface area contributed by atoms with Crippen molar-refractivity contribution in [2.24, 2.45) is 5.73 Å². The second-order valence-electron chi connectivity index (χ2n) is 8.45. The van der Waals surface area contributed by atoms with E-state index in [4.69, 9.17) is 26.8 Å². The van der Waals surface area contributed by atoms with Crippen LogP contribution in [0.25, 0.3) is 0 Å². The molecule has 0 radical (unpaired) electrons. The number of benzene rings is 2. The highest BCUT2D eigenvalue weighted by Gasteiger charge is 2.39. The highest BCUT2D eigenvalue weighted by molar-refractivity contribution is 6.30. The number of nitrogens with two attached hydrogens (primary N) is 1. The van der Waals surface area contributed by atoms with Gasteiger partial charge in [0, 0.05) is 21.7 Å². The Balaban J connectivity index is 1.79. The van der Waals surface area contributed by atoms with Crippen molar-refractivity contribution < 1.29 is 9.47 Å². The Labute approximate surface area is 186 Å². The number of aromatic nitrogens is 2. The Kier molecular flexibility index (Phi) is 5.38. The molecule has 0 saturated carbocycles. The fraction of sp³-hybridized carbons (Fsp3) is 0.250. The summed E-state index contributed by atoms with van der Waals surface area (Å²) in [6, 6.07) is 17.4. The summed E-state index contributed by atoms with van der Waals surface area (Å²) in [5, 5.41) is 18.0. The highest BCUT2D eigenvalue weighted by atomic mass is 35.5. The Morgan fingerprint density at radius 2 is 1.90 bits per heavy atom. The number of nitrogens with zero attached hydrogens (tertiary/aromatic N) is 2. The number of rotatable bonds is 4. The molecule has 0 bridgehead atoms. The predicted molar refractivity (Wildman–Crippen MR) is 119 cm³/mol. The molecule has 158 valence electrons. The number of hydrogen-bond donors (Lipinski definition) is 2. The van der Waals surface area contributed by atoms with Crippen LogP contribution in [0.3, 0.4) is 0 Å². The molecule has 0 amide bonds. The third kappa shape index (κ3) is 3.97. The second-order valence-corrected chi connectivity index (χ2v) is 8.88. The average Bonchev–Trinajstić information content (AvgIpc) is 3.16. The van der Waals surface area contributed by atoms with Crippen LogP contribution in [0.1, 0.15) is 49.1 Å². The molecule has 0 fully saturated rings. The van der Waals surface area contributed by atoms with Crippen molar-refractivity contribution in [1.29, 1.82) is 5.26 Å². The standard InChI is InChI=1S/C24H23ClN4O2/c1-24(2,3)21-20-19(17(12-26)22(27)31-23(20)29-28-21)16-6-4-5-7-18(16)30-13-14-8-10-15(25)11-9-14/h4-11,19H,13,27H2,1-3H3,(H,28,29)/t19-/m0/s1. The molecule has 1 aliphatic rings. The van der Waals surface area contributed by atoms with Crippen LogP contribution < -0.4 is 15.2 Å². The molecule has 3 aromatic rings. The number of ether oxygens (including phenoxy) is 2. The monoisotopic (exact) mass is 434 g/mol. The van der Waals surface area contributed by atoms with Crippen molar-refractivity contribution in [2.75, 3.05) is 0 Å². The van der Waals surface area contributed by atoms with Crippen LogP contribution in [0.5, 0.6) is 11.6 Å². The first-order valence-electron chi connectivity index (χ1n) is 9.92. The van der Waals surface area contributed by atoms with E-state index in [1.165, 1.54) is 0 Å². The first-order chi connectivity index (χ1) is 14.8. The van der Waals surface area contributed by atoms with Crippen LogP contribution in [0.15, 0.2) is 60.0 Å². The van der Waals surface area contributed by atoms with Crippen LogP contribution in [0, 0.1) is 11.3 Å². The minimum atomic E-state index is -0.455. The molecule has 2 aromatic carbocycles. The van der Waals surface area contributed by atoms with E-state index in [-0.39, 0.29) is 11.3 Å². The number of hydrogen-bond acceptors (Lipinski definition) is 5. The molecule has 1 aromatic heterocycles. The molecule has 0 saturated heterocycles. The van der Waals surface area contributed by atoms with E-state index in [9.17, 15) is 5.26 Å². The summed E-state index contributed by atoms with van der Waals surface area (Å²) in [7, 11) is 0. The maximum absolute atomic E-state index is 9.92. The summed E-state index contributed by atoms with van der Waals surface area (Å²) in [6.45, 7) is 6.60. The van der Waals surface area contributed by atoms with Gasteiger partial charge < -0.3 is 15.2 Å². The van der Waals surface area contributed by atoms with Crippen molar-refractivity contribution in [3.05, 3.63) is 87.4 Å². The fourth-order valence-corrected chi connectivity index (χ4v) is 3.85. The van der Waals surface area contributed by atoms with E-state index >= 15 is 0 Å². The molecule has 2 heterocycles. The molecule has 4 rings (SSSR count). The van der Waals surface area contributed by atoms with E-state index in [0.717, 1.165) is 22.4 Å². The first-order valence-corrected chi connectivity index (χ1v) is 10.3. The third-order valence-corrected chi connectivity index (χ3v) is 5.48. The maximum atomic E-state index is 9.92. The number of nitrogens with one attached hydrogen (secondary N) is 1. The van der Waals surface area contributed by atoms with Crippen molar-refractivity contribution in [1.82, 2.24) is 10.2 Å². The first kappa shape index (κ1) is 20.8. The van der Waals surface area contributed by atoms with E-state index < -0.39 is 5.92 Å². The molecule has 7 heteroatoms. The molecule has 31 heavy (non-hydrogen) atoms. The van der Waals surface area contributed by atoms with Gasteiger partial charge in [-0.1, -0.05) is 62.7 Å². The number of H-pyrrole nitrogens is 1. The zero-order chi connectivity index (χ0) is 22.2. The number of allylic oxidation sites excluding steroid dienone is 1. The van der Waals surface area contributed by atoms with Gasteiger partial charge >= 0.3 is 0 Å². The molecule has 0 unspecified atom stereocenters. The smallest absolute Gasteiger partial charge is 0.244 e. The number of nitriles is 1. The summed E-state index contributed by atoms with van der Waals surface area (Å²) in [4.78, 5) is 0. The normalized spacial score (nSPS) is 15.8. The topological polar surface area (TPSA) is 97.0 Å². The molecule has 3 N–H and O–H groups in total. The van der Waals surface area contributed by atoms with Gasteiger partial charge in [-0.3, -0.25) is 5.10 Å². The molecule has 0 spiro atoms. The van der Waals surface area contributed by atoms with Gasteiger partial charge in [0.2, 0.25) is 11.8 Å². The Bertz CT molecular complexity index is 1180. The molecule has 1 aliphatic heterocycles. The van der Waals surface area contributed by atoms with Gasteiger partial charge in [0.05, 0.1) is 11.5 Å². The van der Waals surface area contributed by atoms with E-state index in [0.29, 0.717) is 28.8 Å². The molecular weight excluding hydrogens is 412 g/mol. The largest absolute Gasteiger partial charge is 0.489 e. The lowest BCUT2D eigenvalue weighted by Crippen LogP contribution is -2.24. The lowest BCUT2D eigenvalue weighted by atomic mass is 9.78. The second kappa shape index (κ2) is 8.01. The lowest BCUT2D eigenvalue weighted by molar-refractivity contribution is 0.301. The van der Waals surface area contributed by atoms with Crippen LogP contribution in [-0.2, 0) is 12.0 Å². The number of fused-ring (bicyclic) bond motifs is 1. The van der Waals surface area contributed by atoms with E-state index in [2.05, 4.69) is 37.0 Å². The Morgan fingerprint density at radius 1 is 1.19 bits per heavy atom. The minimum absolute atomic E-state index is 0.0551. The molecule has 1 atom stereocenters. The van der Waals surface area contributed by atoms with Gasteiger partial charge in [0.1, 0.15) is 24.0 Å². The van der Waals surface area contributed by atoms with Gasteiger partial charge in [-0.15, -0.1) is 5.10 Å². The Morgan fingerprint density at radius 3 is 2.58 bits per heavy atom. The lowest BCUT2D eigenvalue weighted by Gasteiger charge is -2.28. The summed E-state index contributed by atoms with van der Waals surface area (Å²) in [6.07, 6.45) is 0. The van der Waals surface area contributed by atoms with Gasteiger partial charge in [0.15, 0.2) is 0 Å². The van der Waals surface area contributed by atoms with Crippen molar-refractivity contribution in [2.45, 2.75) is 38.7 Å². The predicted octanol–water partition coefficient (Wildman–Crippen LogP) is 5.16. The zero-order valence-corrected chi connectivity index (χ0v) is 18.3. The summed E-state index contributed by atoms with van der Waals surface area (Å²) in [5.74, 6) is 0.651. The zero-order valence-electron chi connectivity index (χ0n) is 17.6.